The number of alkyl halides is 3. The van der Waals surface area contributed by atoms with Crippen LogP contribution in [0.4, 0.5) is 24.3 Å². The molecular weight excluding hydrogens is 471 g/mol. The SMILES string of the molecule is Cn1c(Nc2nc3ccc(OC(F)(F)F)cc3s2)nc2cc(C(=O)NCCCCCO)ccc21. The number of aryl methyl sites for hydroxylation is 1. The van der Waals surface area contributed by atoms with Crippen molar-refractivity contribution in [3.8, 4) is 5.75 Å². The van der Waals surface area contributed by atoms with Crippen molar-refractivity contribution in [2.75, 3.05) is 18.5 Å². The summed E-state index contributed by atoms with van der Waals surface area (Å²) >= 11 is 1.17. The van der Waals surface area contributed by atoms with Crippen LogP contribution in [0.2, 0.25) is 0 Å². The molecule has 1 amide bonds. The van der Waals surface area contributed by atoms with E-state index in [2.05, 4.69) is 25.3 Å². The summed E-state index contributed by atoms with van der Waals surface area (Å²) in [4.78, 5) is 21.4. The van der Waals surface area contributed by atoms with Crippen LogP contribution in [0.25, 0.3) is 21.3 Å². The predicted octanol–water partition coefficient (Wildman–Crippen LogP) is 4.72. The number of amides is 1. The van der Waals surface area contributed by atoms with Crippen LogP contribution < -0.4 is 15.4 Å². The van der Waals surface area contributed by atoms with E-state index in [4.69, 9.17) is 5.11 Å². The number of unbranched alkanes of at least 4 members (excludes halogenated alkanes) is 2. The fraction of sp³-hybridized carbons (Fsp3) is 0.318. The minimum Gasteiger partial charge on any atom is -0.406 e. The number of aliphatic hydroxyl groups excluding tert-OH is 1. The lowest BCUT2D eigenvalue weighted by Crippen LogP contribution is -2.24. The van der Waals surface area contributed by atoms with Crippen LogP contribution in [-0.4, -0.2) is 45.1 Å². The summed E-state index contributed by atoms with van der Waals surface area (Å²) in [6.07, 6.45) is -2.42. The highest BCUT2D eigenvalue weighted by molar-refractivity contribution is 7.22. The van der Waals surface area contributed by atoms with Crippen molar-refractivity contribution in [2.45, 2.75) is 25.6 Å². The van der Waals surface area contributed by atoms with E-state index in [1.54, 1.807) is 29.8 Å². The molecule has 8 nitrogen and oxygen atoms in total. The van der Waals surface area contributed by atoms with Crippen LogP contribution in [0.15, 0.2) is 36.4 Å². The molecule has 3 N–H and O–H groups in total. The van der Waals surface area contributed by atoms with Gasteiger partial charge in [0.2, 0.25) is 5.95 Å². The van der Waals surface area contributed by atoms with Gasteiger partial charge in [-0.1, -0.05) is 11.3 Å². The van der Waals surface area contributed by atoms with Gasteiger partial charge in [-0.25, -0.2) is 9.97 Å². The number of nitrogens with zero attached hydrogens (tertiary/aromatic N) is 3. The van der Waals surface area contributed by atoms with Crippen molar-refractivity contribution in [2.24, 2.45) is 7.05 Å². The summed E-state index contributed by atoms with van der Waals surface area (Å²) in [5.74, 6) is -0.0337. The number of carbonyl (C=O) groups excluding carboxylic acids is 1. The second kappa shape index (κ2) is 9.85. The molecule has 12 heteroatoms. The van der Waals surface area contributed by atoms with Crippen LogP contribution in [0, 0.1) is 0 Å². The fourth-order valence-corrected chi connectivity index (χ4v) is 4.31. The fourth-order valence-electron chi connectivity index (χ4n) is 3.42. The number of anilines is 2. The number of fused-ring (bicyclic) bond motifs is 2. The molecule has 0 saturated heterocycles. The zero-order valence-corrected chi connectivity index (χ0v) is 19.0. The zero-order valence-electron chi connectivity index (χ0n) is 18.1. The van der Waals surface area contributed by atoms with Crippen LogP contribution in [0.3, 0.4) is 0 Å². The van der Waals surface area contributed by atoms with E-state index in [-0.39, 0.29) is 18.3 Å². The summed E-state index contributed by atoms with van der Waals surface area (Å²) in [6.45, 7) is 0.671. The topological polar surface area (TPSA) is 101 Å². The monoisotopic (exact) mass is 493 g/mol. The Morgan fingerprint density at radius 3 is 2.71 bits per heavy atom. The maximum atomic E-state index is 12.5. The maximum absolute atomic E-state index is 12.5. The minimum absolute atomic E-state index is 0.144. The van der Waals surface area contributed by atoms with E-state index in [0.717, 1.165) is 18.4 Å². The third-order valence-electron chi connectivity index (χ3n) is 5.08. The average Bonchev–Trinajstić information content (AvgIpc) is 3.32. The third-order valence-corrected chi connectivity index (χ3v) is 6.01. The first-order valence-corrected chi connectivity index (χ1v) is 11.3. The molecule has 0 bridgehead atoms. The molecule has 4 aromatic rings. The Morgan fingerprint density at radius 1 is 1.12 bits per heavy atom. The van der Waals surface area contributed by atoms with Crippen LogP contribution in [0.1, 0.15) is 29.6 Å². The predicted molar refractivity (Wildman–Crippen MR) is 124 cm³/mol. The Labute approximate surface area is 196 Å². The Bertz CT molecular complexity index is 1320. The van der Waals surface area contributed by atoms with Crippen molar-refractivity contribution in [3.05, 3.63) is 42.0 Å². The number of benzene rings is 2. The Balaban J connectivity index is 1.49. The van der Waals surface area contributed by atoms with Gasteiger partial charge in [0.1, 0.15) is 5.75 Å². The number of thiazole rings is 1. The Morgan fingerprint density at radius 2 is 1.94 bits per heavy atom. The molecule has 0 radical (unpaired) electrons. The molecule has 0 spiro atoms. The van der Waals surface area contributed by atoms with Gasteiger partial charge in [0.25, 0.3) is 5.91 Å². The molecule has 0 fully saturated rings. The summed E-state index contributed by atoms with van der Waals surface area (Å²) in [6, 6.07) is 9.18. The lowest BCUT2D eigenvalue weighted by Gasteiger charge is -2.07. The second-order valence-electron chi connectivity index (χ2n) is 7.56. The summed E-state index contributed by atoms with van der Waals surface area (Å²) in [5, 5.41) is 15.2. The molecule has 0 aliphatic rings. The van der Waals surface area contributed by atoms with Crippen LogP contribution >= 0.6 is 11.3 Å². The summed E-state index contributed by atoms with van der Waals surface area (Å²) in [5.41, 5.74) is 2.42. The zero-order chi connectivity index (χ0) is 24.3. The molecule has 4 rings (SSSR count). The number of carbonyl (C=O) groups is 1. The number of nitrogens with one attached hydrogen (secondary N) is 2. The number of ether oxygens (including phenoxy) is 1. The number of hydrogen-bond donors (Lipinski definition) is 3. The van der Waals surface area contributed by atoms with Gasteiger partial charge in [0.05, 0.1) is 21.3 Å². The number of halogens is 3. The quantitative estimate of drug-likeness (QED) is 0.292. The molecule has 2 heterocycles. The third kappa shape index (κ3) is 5.57. The first-order valence-electron chi connectivity index (χ1n) is 10.5. The molecule has 0 saturated carbocycles. The van der Waals surface area contributed by atoms with Crippen molar-refractivity contribution in [1.29, 1.82) is 0 Å². The summed E-state index contributed by atoms with van der Waals surface area (Å²) in [7, 11) is 1.81. The number of imidazole rings is 1. The van der Waals surface area contributed by atoms with Gasteiger partial charge in [-0.2, -0.15) is 0 Å². The maximum Gasteiger partial charge on any atom is 0.573 e. The largest absolute Gasteiger partial charge is 0.573 e. The first kappa shape index (κ1) is 23.8. The van der Waals surface area contributed by atoms with E-state index >= 15 is 0 Å². The lowest BCUT2D eigenvalue weighted by molar-refractivity contribution is -0.274. The van der Waals surface area contributed by atoms with Crippen molar-refractivity contribution < 1.29 is 27.8 Å². The van der Waals surface area contributed by atoms with Gasteiger partial charge >= 0.3 is 6.36 Å². The molecule has 2 aromatic heterocycles. The van der Waals surface area contributed by atoms with Gasteiger partial charge < -0.3 is 25.0 Å². The lowest BCUT2D eigenvalue weighted by atomic mass is 10.2. The molecule has 180 valence electrons. The van der Waals surface area contributed by atoms with Crippen molar-refractivity contribution >= 4 is 49.6 Å². The van der Waals surface area contributed by atoms with Crippen molar-refractivity contribution in [3.63, 3.8) is 0 Å². The highest BCUT2D eigenvalue weighted by Gasteiger charge is 2.31. The normalized spacial score (nSPS) is 11.8. The molecule has 34 heavy (non-hydrogen) atoms. The van der Waals surface area contributed by atoms with E-state index in [1.165, 1.54) is 29.5 Å². The minimum atomic E-state index is -4.76. The van der Waals surface area contributed by atoms with E-state index in [1.807, 2.05) is 0 Å². The number of hydrogen-bond acceptors (Lipinski definition) is 7. The van der Waals surface area contributed by atoms with Gasteiger partial charge in [0, 0.05) is 31.8 Å². The van der Waals surface area contributed by atoms with Crippen LogP contribution in [0.5, 0.6) is 5.75 Å². The summed E-state index contributed by atoms with van der Waals surface area (Å²) < 4.78 is 43.7. The van der Waals surface area contributed by atoms with Gasteiger partial charge in [-0.3, -0.25) is 4.79 Å². The van der Waals surface area contributed by atoms with Gasteiger partial charge in [0.15, 0.2) is 5.13 Å². The smallest absolute Gasteiger partial charge is 0.406 e. The molecule has 0 aliphatic heterocycles. The van der Waals surface area contributed by atoms with E-state index < -0.39 is 6.36 Å². The molecular formula is C22H22F3N5O3S. The van der Waals surface area contributed by atoms with E-state index in [0.29, 0.717) is 45.3 Å². The number of rotatable bonds is 9. The highest BCUT2D eigenvalue weighted by Crippen LogP contribution is 2.33. The second-order valence-corrected chi connectivity index (χ2v) is 8.59. The highest BCUT2D eigenvalue weighted by atomic mass is 32.1. The molecule has 0 atom stereocenters. The van der Waals surface area contributed by atoms with Gasteiger partial charge in [-0.15, -0.1) is 13.2 Å². The molecule has 0 unspecified atom stereocenters. The molecule has 0 aliphatic carbocycles. The van der Waals surface area contributed by atoms with Gasteiger partial charge in [-0.05, 0) is 49.6 Å². The Kier molecular flexibility index (Phi) is 6.89. The average molecular weight is 494 g/mol. The van der Waals surface area contributed by atoms with Crippen LogP contribution in [-0.2, 0) is 7.05 Å². The number of aliphatic hydroxyl groups is 1. The van der Waals surface area contributed by atoms with E-state index in [9.17, 15) is 18.0 Å². The number of aromatic nitrogens is 3. The first-order chi connectivity index (χ1) is 16.2. The molecule has 2 aromatic carbocycles. The Hall–Kier alpha value is -3.38. The standard InChI is InChI=1S/C22H22F3N5O3S/c1-30-17-8-5-13(19(32)26-9-3-2-4-10-31)11-16(17)27-20(30)29-21-28-15-7-6-14(12-18(15)34-21)33-22(23,24)25/h5-8,11-12,31H,2-4,9-10H2,1H3,(H,26,32)(H,27,28,29). The van der Waals surface area contributed by atoms with Crippen molar-refractivity contribution in [1.82, 2.24) is 19.9 Å².